The maximum Gasteiger partial charge on any atom is 0.153 e. The van der Waals surface area contributed by atoms with Crippen molar-refractivity contribution in [1.82, 2.24) is 19.6 Å². The van der Waals surface area contributed by atoms with Gasteiger partial charge in [-0.2, -0.15) is 15.5 Å². The Balaban J connectivity index is 0.000000159. The zero-order valence-corrected chi connectivity index (χ0v) is 36.3. The van der Waals surface area contributed by atoms with Crippen LogP contribution >= 0.6 is 0 Å². The average Bonchev–Trinajstić information content (AvgIpc) is 3.85. The largest absolute Gasteiger partial charge is 0.489 e. The number of aliphatic hydroxyl groups is 3. The lowest BCUT2D eigenvalue weighted by Crippen LogP contribution is -2.16. The molecule has 6 N–H and O–H groups in total. The van der Waals surface area contributed by atoms with Crippen molar-refractivity contribution in [2.75, 3.05) is 17.6 Å². The van der Waals surface area contributed by atoms with Crippen molar-refractivity contribution in [1.29, 1.82) is 5.26 Å². The SMILES string of the molecule is C[C@@H](O)CNc1cc(OCc2ccccc2)ccc1C#N.C[C@@H](O)Cn1nc(N)c2ccc(OCc3ccccc3)cc21.C[C@@H](O)Cn1ncc2ccc(OCc3ccccc3)cc21. The molecule has 0 saturated carbocycles. The second-order valence-corrected chi connectivity index (χ2v) is 15.4. The first-order chi connectivity index (χ1) is 31.0. The Bertz CT molecular complexity index is 2700. The van der Waals surface area contributed by atoms with E-state index in [4.69, 9.17) is 25.2 Å². The van der Waals surface area contributed by atoms with Crippen LogP contribution < -0.4 is 25.3 Å². The number of anilines is 2. The minimum Gasteiger partial charge on any atom is -0.489 e. The molecule has 13 heteroatoms. The third kappa shape index (κ3) is 13.8. The summed E-state index contributed by atoms with van der Waals surface area (Å²) >= 11 is 0. The number of hydrogen-bond acceptors (Lipinski definition) is 11. The zero-order valence-electron chi connectivity index (χ0n) is 36.3. The Morgan fingerprint density at radius 3 is 1.61 bits per heavy atom. The van der Waals surface area contributed by atoms with Crippen LogP contribution in [0, 0.1) is 11.3 Å². The van der Waals surface area contributed by atoms with E-state index in [2.05, 4.69) is 21.6 Å². The number of ether oxygens (including phenoxy) is 3. The Hall–Kier alpha value is -7.37. The number of nitrogens with zero attached hydrogens (tertiary/aromatic N) is 5. The van der Waals surface area contributed by atoms with Gasteiger partial charge in [0.1, 0.15) is 43.1 Å². The van der Waals surface area contributed by atoms with Gasteiger partial charge in [-0.1, -0.05) is 91.0 Å². The fourth-order valence-corrected chi connectivity index (χ4v) is 6.53. The van der Waals surface area contributed by atoms with Gasteiger partial charge >= 0.3 is 0 Å². The van der Waals surface area contributed by atoms with E-state index in [9.17, 15) is 15.3 Å². The van der Waals surface area contributed by atoms with Crippen LogP contribution in [0.15, 0.2) is 152 Å². The number of nitrogens with two attached hydrogens (primary N) is 1. The van der Waals surface area contributed by atoms with E-state index < -0.39 is 18.3 Å². The highest BCUT2D eigenvalue weighted by molar-refractivity contribution is 5.90. The fraction of sp³-hybridized carbons (Fsp3) is 0.235. The van der Waals surface area contributed by atoms with Crippen LogP contribution in [-0.4, -0.2) is 59.7 Å². The highest BCUT2D eigenvalue weighted by Crippen LogP contribution is 2.27. The van der Waals surface area contributed by atoms with Gasteiger partial charge in [0, 0.05) is 35.5 Å². The van der Waals surface area contributed by atoms with Gasteiger partial charge in [-0.05, 0) is 73.9 Å². The van der Waals surface area contributed by atoms with Gasteiger partial charge in [-0.3, -0.25) is 9.36 Å². The average molecular weight is 862 g/mol. The van der Waals surface area contributed by atoms with Crippen LogP contribution in [0.1, 0.15) is 43.0 Å². The van der Waals surface area contributed by atoms with Gasteiger partial charge in [-0.25, -0.2) is 0 Å². The number of aliphatic hydroxyl groups excluding tert-OH is 3. The van der Waals surface area contributed by atoms with Crippen molar-refractivity contribution in [2.45, 2.75) is 72.0 Å². The Kier molecular flexibility index (Phi) is 16.7. The summed E-state index contributed by atoms with van der Waals surface area (Å²) in [5, 5.41) is 51.0. The van der Waals surface area contributed by atoms with Gasteiger partial charge < -0.3 is 40.6 Å². The molecule has 0 aliphatic heterocycles. The van der Waals surface area contributed by atoms with Crippen molar-refractivity contribution in [3.05, 3.63) is 174 Å². The monoisotopic (exact) mass is 861 g/mol. The van der Waals surface area contributed by atoms with Crippen LogP contribution in [0.25, 0.3) is 21.8 Å². The smallest absolute Gasteiger partial charge is 0.153 e. The van der Waals surface area contributed by atoms with Crippen molar-refractivity contribution in [3.8, 4) is 23.3 Å². The van der Waals surface area contributed by atoms with Crippen LogP contribution in [-0.2, 0) is 32.9 Å². The highest BCUT2D eigenvalue weighted by Gasteiger charge is 2.12. The van der Waals surface area contributed by atoms with E-state index in [0.717, 1.165) is 50.0 Å². The van der Waals surface area contributed by atoms with E-state index >= 15 is 0 Å². The molecule has 13 nitrogen and oxygen atoms in total. The maximum atomic E-state index is 9.56. The lowest BCUT2D eigenvalue weighted by atomic mass is 10.1. The lowest BCUT2D eigenvalue weighted by Gasteiger charge is -2.12. The van der Waals surface area contributed by atoms with E-state index in [1.54, 1.807) is 54.5 Å². The van der Waals surface area contributed by atoms with Gasteiger partial charge in [0.05, 0.1) is 59.9 Å². The molecular weight excluding hydrogens is 807 g/mol. The topological polar surface area (TPSA) is 186 Å². The first kappa shape index (κ1) is 46.1. The van der Waals surface area contributed by atoms with Crippen LogP contribution in [0.3, 0.4) is 0 Å². The van der Waals surface area contributed by atoms with Crippen molar-refractivity contribution in [2.24, 2.45) is 0 Å². The molecule has 0 unspecified atom stereocenters. The van der Waals surface area contributed by atoms with E-state index in [1.807, 2.05) is 127 Å². The molecule has 8 aromatic rings. The summed E-state index contributed by atoms with van der Waals surface area (Å²) in [6.45, 7) is 7.95. The standard InChI is InChI=1S/C17H19N3O2.2C17H18N2O2/c1-12(21)10-20-16-9-14(7-8-15(16)17(18)19-20)22-11-13-5-3-2-4-6-13;1-13(20)11-19-17-9-16(8-7-15(17)10-18-19)21-12-14-5-3-2-4-6-14;1-13(20)11-19-17-9-16(8-7-15(17)10-18)21-12-14-5-3-2-4-6-14/h2-9,12,21H,10-11H2,1H3,(H2,18,19);2-10,13,20H,11-12H2,1H3;2-9,13,19-20H,11-12H2,1H3/t12-;2*13-/m111/s1. The fourth-order valence-electron chi connectivity index (χ4n) is 6.53. The molecule has 8 rings (SSSR count). The molecule has 0 fully saturated rings. The zero-order chi connectivity index (χ0) is 45.3. The second-order valence-electron chi connectivity index (χ2n) is 15.4. The minimum absolute atomic E-state index is 0.386. The van der Waals surface area contributed by atoms with Gasteiger partial charge in [-0.15, -0.1) is 0 Å². The molecule has 0 aliphatic rings. The first-order valence-electron chi connectivity index (χ1n) is 21.1. The molecule has 0 bridgehead atoms. The number of nitrogens with one attached hydrogen (secondary N) is 1. The summed E-state index contributed by atoms with van der Waals surface area (Å²) < 4.78 is 20.9. The molecule has 0 aliphatic carbocycles. The molecule has 6 aromatic carbocycles. The molecule has 64 heavy (non-hydrogen) atoms. The summed E-state index contributed by atoms with van der Waals surface area (Å²) in [6, 6.07) is 48.9. The third-order valence-corrected chi connectivity index (χ3v) is 9.69. The van der Waals surface area contributed by atoms with Gasteiger partial charge in [0.25, 0.3) is 0 Å². The predicted molar refractivity (Wildman–Crippen MR) is 251 cm³/mol. The molecular formula is C51H55N7O6. The molecule has 3 atom stereocenters. The van der Waals surface area contributed by atoms with E-state index in [-0.39, 0.29) is 0 Å². The minimum atomic E-state index is -0.489. The van der Waals surface area contributed by atoms with Crippen LogP contribution in [0.4, 0.5) is 11.5 Å². The number of aromatic nitrogens is 4. The number of rotatable bonds is 16. The Labute approximate surface area is 373 Å². The lowest BCUT2D eigenvalue weighted by molar-refractivity contribution is 0.170. The summed E-state index contributed by atoms with van der Waals surface area (Å²) in [7, 11) is 0. The highest BCUT2D eigenvalue weighted by atomic mass is 16.5. The van der Waals surface area contributed by atoms with Gasteiger partial charge in [0.15, 0.2) is 5.82 Å². The summed E-state index contributed by atoms with van der Waals surface area (Å²) in [4.78, 5) is 0. The summed E-state index contributed by atoms with van der Waals surface area (Å²) in [5.74, 6) is 2.71. The molecule has 2 heterocycles. The first-order valence-corrected chi connectivity index (χ1v) is 21.1. The summed E-state index contributed by atoms with van der Waals surface area (Å²) in [6.07, 6.45) is 0.405. The number of nitriles is 1. The molecule has 0 spiro atoms. The Morgan fingerprint density at radius 2 is 1.09 bits per heavy atom. The normalized spacial score (nSPS) is 12.1. The van der Waals surface area contributed by atoms with E-state index in [1.165, 1.54) is 0 Å². The van der Waals surface area contributed by atoms with Crippen molar-refractivity contribution < 1.29 is 29.5 Å². The van der Waals surface area contributed by atoms with Gasteiger partial charge in [0.2, 0.25) is 0 Å². The number of hydrogen-bond donors (Lipinski definition) is 5. The van der Waals surface area contributed by atoms with Crippen molar-refractivity contribution in [3.63, 3.8) is 0 Å². The predicted octanol–water partition coefficient (Wildman–Crippen LogP) is 8.50. The van der Waals surface area contributed by atoms with Crippen LogP contribution in [0.5, 0.6) is 17.2 Å². The van der Waals surface area contributed by atoms with Crippen LogP contribution in [0.2, 0.25) is 0 Å². The number of nitrogen functional groups attached to an aromatic ring is 1. The molecule has 330 valence electrons. The van der Waals surface area contributed by atoms with E-state index in [0.29, 0.717) is 62.3 Å². The van der Waals surface area contributed by atoms with Crippen molar-refractivity contribution >= 4 is 33.3 Å². The number of benzene rings is 6. The molecule has 0 saturated heterocycles. The Morgan fingerprint density at radius 1 is 0.609 bits per heavy atom. The second kappa shape index (κ2) is 23.2. The molecule has 2 aromatic heterocycles. The summed E-state index contributed by atoms with van der Waals surface area (Å²) in [5.41, 5.74) is 12.3. The quantitative estimate of drug-likeness (QED) is 0.0627. The molecule has 0 amide bonds. The number of fused-ring (bicyclic) bond motifs is 2. The third-order valence-electron chi connectivity index (χ3n) is 9.69. The maximum absolute atomic E-state index is 9.56. The molecule has 0 radical (unpaired) electrons.